The molecule has 0 radical (unpaired) electrons. The van der Waals surface area contributed by atoms with E-state index in [2.05, 4.69) is 10.4 Å². The number of nitrogens with zero attached hydrogens (tertiary/aromatic N) is 2. The maximum Gasteiger partial charge on any atom is 0.283 e. The molecule has 1 aromatic rings. The fourth-order valence-electron chi connectivity index (χ4n) is 5.78. The largest absolute Gasteiger partial charge is 0.349 e. The average Bonchev–Trinajstić information content (AvgIpc) is 2.81. The maximum atomic E-state index is 13.0. The van der Waals surface area contributed by atoms with Gasteiger partial charge >= 0.3 is 0 Å². The van der Waals surface area contributed by atoms with Gasteiger partial charge in [-0.15, -0.1) is 0 Å². The Balaban J connectivity index is 1.53. The topological polar surface area (TPSA) is 46.9 Å². The molecule has 0 aromatic carbocycles. The Morgan fingerprint density at radius 2 is 1.76 bits per heavy atom. The van der Waals surface area contributed by atoms with Gasteiger partial charge < -0.3 is 5.32 Å². The summed E-state index contributed by atoms with van der Waals surface area (Å²) in [5.74, 6) is 2.04. The van der Waals surface area contributed by atoms with Crippen molar-refractivity contribution in [2.45, 2.75) is 70.4 Å². The molecule has 0 unspecified atom stereocenters. The second kappa shape index (κ2) is 5.93. The van der Waals surface area contributed by atoms with Gasteiger partial charge in [0.15, 0.2) is 0 Å². The van der Waals surface area contributed by atoms with E-state index >= 15 is 0 Å². The fourth-order valence-corrected chi connectivity index (χ4v) is 5.98. The van der Waals surface area contributed by atoms with Gasteiger partial charge in [0.1, 0.15) is 11.7 Å². The second-order valence-corrected chi connectivity index (χ2v) is 8.77. The van der Waals surface area contributed by atoms with Gasteiger partial charge in [0, 0.05) is 5.54 Å². The van der Waals surface area contributed by atoms with Crippen molar-refractivity contribution >= 4 is 17.5 Å². The molecule has 4 fully saturated rings. The minimum atomic E-state index is -2.74. The zero-order valence-electron chi connectivity index (χ0n) is 14.6. The summed E-state index contributed by atoms with van der Waals surface area (Å²) in [6.07, 6.45) is 4.32. The molecule has 4 nitrogen and oxygen atoms in total. The molecule has 1 heterocycles. The third-order valence-corrected chi connectivity index (χ3v) is 6.95. The Hall–Kier alpha value is -1.17. The number of carbonyl (C=O) groups excluding carboxylic acids is 1. The highest BCUT2D eigenvalue weighted by Crippen LogP contribution is 2.55. The summed E-state index contributed by atoms with van der Waals surface area (Å²) < 4.78 is 27.4. The van der Waals surface area contributed by atoms with Crippen LogP contribution in [0.25, 0.3) is 0 Å². The van der Waals surface area contributed by atoms with Gasteiger partial charge in [-0.2, -0.15) is 5.10 Å². The summed E-state index contributed by atoms with van der Waals surface area (Å²) >= 11 is 5.96. The minimum Gasteiger partial charge on any atom is -0.349 e. The van der Waals surface area contributed by atoms with Crippen molar-refractivity contribution in [1.29, 1.82) is 0 Å². The number of nitrogens with one attached hydrogen (secondary N) is 1. The molecule has 0 spiro atoms. The maximum absolute atomic E-state index is 13.0. The standard InChI is InChI=1S/C18H24ClF2N3O/c1-9-14(19)15(16(20)21)23-24(9)10(2)17(25)22-18-6-11-3-12(7-18)5-13(4-11)8-18/h10-13,16H,3-8H2,1-2H3,(H,22,25)/t10-,11?,12?,13?,18?/m0/s1. The molecule has 1 atom stereocenters. The average molecular weight is 372 g/mol. The molecule has 0 saturated heterocycles. The number of aromatic nitrogens is 2. The first-order valence-electron chi connectivity index (χ1n) is 9.12. The lowest BCUT2D eigenvalue weighted by Gasteiger charge is -2.57. The van der Waals surface area contributed by atoms with Crippen LogP contribution >= 0.6 is 11.6 Å². The number of halogens is 3. The van der Waals surface area contributed by atoms with E-state index in [1.54, 1.807) is 13.8 Å². The van der Waals surface area contributed by atoms with Crippen LogP contribution in [0, 0.1) is 24.7 Å². The van der Waals surface area contributed by atoms with E-state index in [0.29, 0.717) is 5.69 Å². The molecule has 1 amide bonds. The zero-order valence-corrected chi connectivity index (χ0v) is 15.3. The highest BCUT2D eigenvalue weighted by atomic mass is 35.5. The fraction of sp³-hybridized carbons (Fsp3) is 0.778. The predicted molar refractivity (Wildman–Crippen MR) is 90.7 cm³/mol. The number of alkyl halides is 2. The third kappa shape index (κ3) is 2.86. The van der Waals surface area contributed by atoms with E-state index in [9.17, 15) is 13.6 Å². The van der Waals surface area contributed by atoms with Crippen molar-refractivity contribution in [1.82, 2.24) is 15.1 Å². The van der Waals surface area contributed by atoms with Crippen LogP contribution in [0.5, 0.6) is 0 Å². The molecule has 25 heavy (non-hydrogen) atoms. The Bertz CT molecular complexity index is 667. The van der Waals surface area contributed by atoms with Gasteiger partial charge in [-0.3, -0.25) is 9.48 Å². The Labute approximate surface area is 151 Å². The monoisotopic (exact) mass is 371 g/mol. The Kier molecular flexibility index (Phi) is 4.09. The summed E-state index contributed by atoms with van der Waals surface area (Å²) in [6, 6.07) is -0.655. The molecule has 4 bridgehead atoms. The zero-order chi connectivity index (χ0) is 17.9. The van der Waals surface area contributed by atoms with Crippen molar-refractivity contribution in [3.63, 3.8) is 0 Å². The molecule has 5 rings (SSSR count). The van der Waals surface area contributed by atoms with Crippen molar-refractivity contribution < 1.29 is 13.6 Å². The lowest BCUT2D eigenvalue weighted by molar-refractivity contribution is -0.130. The van der Waals surface area contributed by atoms with Gasteiger partial charge in [0.25, 0.3) is 6.43 Å². The molecule has 1 aromatic heterocycles. The Morgan fingerprint density at radius 3 is 2.20 bits per heavy atom. The lowest BCUT2D eigenvalue weighted by atomic mass is 9.53. The molecule has 138 valence electrons. The van der Waals surface area contributed by atoms with E-state index in [1.165, 1.54) is 23.9 Å². The molecule has 0 aliphatic heterocycles. The highest BCUT2D eigenvalue weighted by molar-refractivity contribution is 6.31. The van der Waals surface area contributed by atoms with E-state index in [1.807, 2.05) is 0 Å². The smallest absolute Gasteiger partial charge is 0.283 e. The van der Waals surface area contributed by atoms with Gasteiger partial charge in [-0.25, -0.2) is 8.78 Å². The molecular weight excluding hydrogens is 348 g/mol. The van der Waals surface area contributed by atoms with Crippen LogP contribution in [0.1, 0.15) is 69.3 Å². The van der Waals surface area contributed by atoms with Crippen LogP contribution in [0.2, 0.25) is 5.02 Å². The first kappa shape index (κ1) is 17.3. The van der Waals surface area contributed by atoms with Crippen molar-refractivity contribution in [3.05, 3.63) is 16.4 Å². The molecule has 4 aliphatic rings. The Morgan fingerprint density at radius 1 is 1.24 bits per heavy atom. The van der Waals surface area contributed by atoms with Gasteiger partial charge in [0.05, 0.1) is 10.7 Å². The SMILES string of the molecule is Cc1c(Cl)c(C(F)F)nn1[C@@H](C)C(=O)NC12CC3CC(CC(C3)C1)C2. The van der Waals surface area contributed by atoms with Crippen molar-refractivity contribution in [2.75, 3.05) is 0 Å². The van der Waals surface area contributed by atoms with Gasteiger partial charge in [-0.1, -0.05) is 11.6 Å². The second-order valence-electron chi connectivity index (χ2n) is 8.39. The minimum absolute atomic E-state index is 0.0514. The molecule has 4 saturated carbocycles. The van der Waals surface area contributed by atoms with Crippen LogP contribution in [0.15, 0.2) is 0 Å². The number of carbonyl (C=O) groups is 1. The number of rotatable bonds is 4. The summed E-state index contributed by atoms with van der Waals surface area (Å²) in [5, 5.41) is 7.12. The van der Waals surface area contributed by atoms with Crippen LogP contribution in [-0.4, -0.2) is 21.2 Å². The van der Waals surface area contributed by atoms with Crippen LogP contribution in [-0.2, 0) is 4.79 Å². The predicted octanol–water partition coefficient (Wildman–Crippen LogP) is 4.43. The van der Waals surface area contributed by atoms with Crippen LogP contribution < -0.4 is 5.32 Å². The highest BCUT2D eigenvalue weighted by Gasteiger charge is 2.51. The van der Waals surface area contributed by atoms with Gasteiger partial charge in [0.2, 0.25) is 5.91 Å². The van der Waals surface area contributed by atoms with Crippen molar-refractivity contribution in [2.24, 2.45) is 17.8 Å². The van der Waals surface area contributed by atoms with Crippen molar-refractivity contribution in [3.8, 4) is 0 Å². The normalized spacial score (nSPS) is 34.6. The van der Waals surface area contributed by atoms with E-state index in [0.717, 1.165) is 37.0 Å². The van der Waals surface area contributed by atoms with E-state index in [-0.39, 0.29) is 16.5 Å². The number of hydrogen-bond donors (Lipinski definition) is 1. The van der Waals surface area contributed by atoms with Crippen LogP contribution in [0.3, 0.4) is 0 Å². The third-order valence-electron chi connectivity index (χ3n) is 6.48. The summed E-state index contributed by atoms with van der Waals surface area (Å²) in [7, 11) is 0. The summed E-state index contributed by atoms with van der Waals surface area (Å²) in [6.45, 7) is 3.32. The first-order valence-corrected chi connectivity index (χ1v) is 9.50. The lowest BCUT2D eigenvalue weighted by Crippen LogP contribution is -2.60. The number of hydrogen-bond acceptors (Lipinski definition) is 2. The quantitative estimate of drug-likeness (QED) is 0.851. The summed E-state index contributed by atoms with van der Waals surface area (Å²) in [5.41, 5.74) is -0.144. The molecule has 7 heteroatoms. The molecule has 1 N–H and O–H groups in total. The first-order chi connectivity index (χ1) is 11.8. The molecule has 4 aliphatic carbocycles. The van der Waals surface area contributed by atoms with E-state index < -0.39 is 18.2 Å². The summed E-state index contributed by atoms with van der Waals surface area (Å²) in [4.78, 5) is 12.9. The molecular formula is C18H24ClF2N3O. The van der Waals surface area contributed by atoms with Gasteiger partial charge in [-0.05, 0) is 70.1 Å². The van der Waals surface area contributed by atoms with Crippen LogP contribution in [0.4, 0.5) is 8.78 Å². The van der Waals surface area contributed by atoms with E-state index in [4.69, 9.17) is 11.6 Å². The number of amides is 1.